The summed E-state index contributed by atoms with van der Waals surface area (Å²) >= 11 is 1.52. The van der Waals surface area contributed by atoms with Crippen molar-refractivity contribution < 1.29 is 9.53 Å². The lowest BCUT2D eigenvalue weighted by Crippen LogP contribution is -2.50. The molecule has 2 unspecified atom stereocenters. The van der Waals surface area contributed by atoms with Gasteiger partial charge in [0.25, 0.3) is 0 Å². The summed E-state index contributed by atoms with van der Waals surface area (Å²) in [5, 5.41) is 9.90. The minimum atomic E-state index is 0.251. The van der Waals surface area contributed by atoms with E-state index < -0.39 is 0 Å². The van der Waals surface area contributed by atoms with Crippen molar-refractivity contribution in [1.29, 1.82) is 0 Å². The number of carbonyl (C=O) groups excluding carboxylic acids is 1. The predicted molar refractivity (Wildman–Crippen MR) is 131 cm³/mol. The van der Waals surface area contributed by atoms with Crippen LogP contribution in [-0.4, -0.2) is 70.2 Å². The molecule has 1 amide bonds. The molecule has 0 bridgehead atoms. The maximum atomic E-state index is 13.3. The number of thioether (sulfide) groups is 1. The topological polar surface area (TPSA) is 63.5 Å². The number of benzene rings is 1. The first-order valence-corrected chi connectivity index (χ1v) is 13.5. The van der Waals surface area contributed by atoms with Crippen molar-refractivity contribution in [3.05, 3.63) is 29.8 Å². The highest BCUT2D eigenvalue weighted by Gasteiger charge is 2.35. The van der Waals surface area contributed by atoms with Gasteiger partial charge >= 0.3 is 0 Å². The Morgan fingerprint density at radius 2 is 1.91 bits per heavy atom. The number of fused-ring (bicyclic) bond motifs is 1. The summed E-state index contributed by atoms with van der Waals surface area (Å²) < 4.78 is 7.67. The summed E-state index contributed by atoms with van der Waals surface area (Å²) in [5.74, 6) is 2.21. The first-order chi connectivity index (χ1) is 16.2. The molecule has 3 heterocycles. The van der Waals surface area contributed by atoms with Crippen molar-refractivity contribution in [1.82, 2.24) is 19.7 Å². The average Bonchev–Trinajstić information content (AvgIpc) is 3.31. The monoisotopic (exact) mass is 469 g/mol. The first-order valence-electron chi connectivity index (χ1n) is 12.5. The molecule has 1 saturated carbocycles. The van der Waals surface area contributed by atoms with Gasteiger partial charge in [-0.1, -0.05) is 43.7 Å². The third-order valence-corrected chi connectivity index (χ3v) is 8.29. The Balaban J connectivity index is 1.37. The summed E-state index contributed by atoms with van der Waals surface area (Å²) in [4.78, 5) is 17.7. The molecule has 33 heavy (non-hydrogen) atoms. The van der Waals surface area contributed by atoms with Crippen LogP contribution in [0.4, 0.5) is 5.95 Å². The molecule has 0 radical (unpaired) electrons. The van der Waals surface area contributed by atoms with Crippen LogP contribution in [0.5, 0.6) is 0 Å². The number of nitrogens with zero attached hydrogens (tertiary/aromatic N) is 5. The molecule has 1 aromatic carbocycles. The number of rotatable bonds is 6. The van der Waals surface area contributed by atoms with Crippen molar-refractivity contribution >= 4 is 23.6 Å². The number of piperidine rings is 1. The number of aromatic nitrogens is 3. The molecule has 2 atom stereocenters. The first kappa shape index (κ1) is 22.7. The number of carbonyl (C=O) groups is 1. The fourth-order valence-corrected chi connectivity index (χ4v) is 6.44. The Hall–Kier alpha value is -2.06. The molecular formula is C25H35N5O2S. The van der Waals surface area contributed by atoms with Crippen LogP contribution in [-0.2, 0) is 16.0 Å². The fraction of sp³-hybridized carbons (Fsp3) is 0.640. The highest BCUT2D eigenvalue weighted by Crippen LogP contribution is 2.36. The van der Waals surface area contributed by atoms with Crippen LogP contribution < -0.4 is 4.90 Å². The molecule has 0 spiro atoms. The number of aryl methyl sites for hydroxylation is 1. The van der Waals surface area contributed by atoms with Gasteiger partial charge in [0.1, 0.15) is 0 Å². The minimum absolute atomic E-state index is 0.251. The highest BCUT2D eigenvalue weighted by molar-refractivity contribution is 7.99. The number of hydrogen-bond acceptors (Lipinski definition) is 6. The Labute approximate surface area is 200 Å². The second-order valence-corrected chi connectivity index (χ2v) is 10.3. The second-order valence-electron chi connectivity index (χ2n) is 9.37. The number of ether oxygens (including phenoxy) is 1. The Morgan fingerprint density at radius 3 is 2.76 bits per heavy atom. The lowest BCUT2D eigenvalue weighted by molar-refractivity contribution is -0.134. The van der Waals surface area contributed by atoms with Gasteiger partial charge in [-0.2, -0.15) is 0 Å². The van der Waals surface area contributed by atoms with E-state index in [0.717, 1.165) is 49.3 Å². The van der Waals surface area contributed by atoms with Gasteiger partial charge in [-0.3, -0.25) is 9.36 Å². The van der Waals surface area contributed by atoms with Gasteiger partial charge in [-0.15, -0.1) is 10.2 Å². The lowest BCUT2D eigenvalue weighted by atomic mass is 9.78. The molecule has 1 aromatic heterocycles. The third kappa shape index (κ3) is 4.92. The normalized spacial score (nSPS) is 23.4. The van der Waals surface area contributed by atoms with Crippen LogP contribution in [0.3, 0.4) is 0 Å². The van der Waals surface area contributed by atoms with Crippen molar-refractivity contribution in [3.8, 4) is 5.69 Å². The van der Waals surface area contributed by atoms with Gasteiger partial charge in [0.2, 0.25) is 11.9 Å². The maximum absolute atomic E-state index is 13.3. The van der Waals surface area contributed by atoms with Gasteiger partial charge in [0.15, 0.2) is 5.16 Å². The van der Waals surface area contributed by atoms with E-state index in [1.807, 2.05) is 0 Å². The van der Waals surface area contributed by atoms with E-state index in [1.165, 1.54) is 49.4 Å². The van der Waals surface area contributed by atoms with E-state index >= 15 is 0 Å². The van der Waals surface area contributed by atoms with Crippen LogP contribution in [0.15, 0.2) is 29.4 Å². The molecule has 2 aromatic rings. The van der Waals surface area contributed by atoms with Crippen LogP contribution in [0.1, 0.15) is 51.0 Å². The van der Waals surface area contributed by atoms with Gasteiger partial charge in [0.05, 0.1) is 24.7 Å². The summed E-state index contributed by atoms with van der Waals surface area (Å²) in [6, 6.07) is 9.00. The van der Waals surface area contributed by atoms with E-state index in [9.17, 15) is 4.79 Å². The number of hydrogen-bond donors (Lipinski definition) is 0. The summed E-state index contributed by atoms with van der Waals surface area (Å²) in [5.41, 5.74) is 2.33. The number of anilines is 1. The van der Waals surface area contributed by atoms with Crippen molar-refractivity contribution in [2.45, 2.75) is 63.1 Å². The summed E-state index contributed by atoms with van der Waals surface area (Å²) in [7, 11) is 0. The van der Waals surface area contributed by atoms with Crippen molar-refractivity contribution in [2.24, 2.45) is 5.92 Å². The van der Waals surface area contributed by atoms with Gasteiger partial charge < -0.3 is 14.5 Å². The van der Waals surface area contributed by atoms with Gasteiger partial charge in [-0.05, 0) is 55.7 Å². The van der Waals surface area contributed by atoms with E-state index in [2.05, 4.69) is 55.8 Å². The SMILES string of the molecule is CCc1cccc(-n2c(SCC(=O)N3CCCC4CCCCC43)nnc2N2CCOCC2)c1. The average molecular weight is 470 g/mol. The number of amides is 1. The Bertz CT molecular complexity index is 956. The van der Waals surface area contributed by atoms with Crippen molar-refractivity contribution in [3.63, 3.8) is 0 Å². The standard InChI is InChI=1S/C25H35N5O2S/c1-2-19-7-5-10-21(17-19)30-24(28-13-15-32-16-14-28)26-27-25(30)33-18-23(31)29-12-6-9-20-8-3-4-11-22(20)29/h5,7,10,17,20,22H,2-4,6,8-9,11-16,18H2,1H3. The van der Waals surface area contributed by atoms with Crippen molar-refractivity contribution in [2.75, 3.05) is 43.5 Å². The molecule has 2 saturated heterocycles. The van der Waals surface area contributed by atoms with E-state index in [-0.39, 0.29) is 5.91 Å². The number of morpholine rings is 1. The van der Waals surface area contributed by atoms with Gasteiger partial charge in [0, 0.05) is 25.7 Å². The van der Waals surface area contributed by atoms with Crippen LogP contribution >= 0.6 is 11.8 Å². The second kappa shape index (κ2) is 10.5. The predicted octanol–water partition coefficient (Wildman–Crippen LogP) is 3.94. The zero-order valence-corrected chi connectivity index (χ0v) is 20.4. The van der Waals surface area contributed by atoms with Gasteiger partial charge in [-0.25, -0.2) is 0 Å². The maximum Gasteiger partial charge on any atom is 0.233 e. The van der Waals surface area contributed by atoms with Crippen LogP contribution in [0.2, 0.25) is 0 Å². The molecule has 0 N–H and O–H groups in total. The number of likely N-dealkylation sites (tertiary alicyclic amines) is 1. The van der Waals surface area contributed by atoms with E-state index in [0.29, 0.717) is 30.9 Å². The molecular weight excluding hydrogens is 434 g/mol. The lowest BCUT2D eigenvalue weighted by Gasteiger charge is -2.44. The molecule has 8 heteroatoms. The fourth-order valence-electron chi connectivity index (χ4n) is 5.61. The van der Waals surface area contributed by atoms with E-state index in [1.54, 1.807) is 0 Å². The summed E-state index contributed by atoms with van der Waals surface area (Å²) in [6.45, 7) is 6.06. The Kier molecular flexibility index (Phi) is 7.21. The van der Waals surface area contributed by atoms with E-state index in [4.69, 9.17) is 4.74 Å². The molecule has 5 rings (SSSR count). The van der Waals surface area contributed by atoms with Crippen LogP contribution in [0, 0.1) is 5.92 Å². The molecule has 3 fully saturated rings. The Morgan fingerprint density at radius 1 is 1.09 bits per heavy atom. The largest absolute Gasteiger partial charge is 0.378 e. The molecule has 1 aliphatic carbocycles. The molecule has 178 valence electrons. The molecule has 7 nitrogen and oxygen atoms in total. The quantitative estimate of drug-likeness (QED) is 0.597. The third-order valence-electron chi connectivity index (χ3n) is 7.38. The minimum Gasteiger partial charge on any atom is -0.378 e. The zero-order valence-electron chi connectivity index (χ0n) is 19.6. The highest BCUT2D eigenvalue weighted by atomic mass is 32.2. The summed E-state index contributed by atoms with van der Waals surface area (Å²) in [6.07, 6.45) is 8.42. The molecule has 3 aliphatic rings. The van der Waals surface area contributed by atoms with Crippen LogP contribution in [0.25, 0.3) is 5.69 Å². The molecule has 2 aliphatic heterocycles. The zero-order chi connectivity index (χ0) is 22.6. The smallest absolute Gasteiger partial charge is 0.233 e.